The van der Waals surface area contributed by atoms with Gasteiger partial charge in [0.25, 0.3) is 5.91 Å². The second kappa shape index (κ2) is 8.43. The first-order valence-electron chi connectivity index (χ1n) is 10.8. The highest BCUT2D eigenvalue weighted by Crippen LogP contribution is 2.26. The van der Waals surface area contributed by atoms with Crippen molar-refractivity contribution in [2.24, 2.45) is 7.05 Å². The fourth-order valence-corrected chi connectivity index (χ4v) is 4.09. The molecule has 162 valence electrons. The summed E-state index contributed by atoms with van der Waals surface area (Å²) in [6, 6.07) is 15.9. The summed E-state index contributed by atoms with van der Waals surface area (Å²) >= 11 is 0. The quantitative estimate of drug-likeness (QED) is 0.522. The molecule has 2 aromatic heterocycles. The summed E-state index contributed by atoms with van der Waals surface area (Å²) in [5.74, 6) is 1.34. The lowest BCUT2D eigenvalue weighted by atomic mass is 10.1. The van der Waals surface area contributed by atoms with E-state index in [1.54, 1.807) is 6.20 Å². The van der Waals surface area contributed by atoms with Crippen LogP contribution in [0.4, 0.5) is 11.5 Å². The smallest absolute Gasteiger partial charge is 0.256 e. The van der Waals surface area contributed by atoms with Crippen LogP contribution < -0.4 is 15.5 Å². The Hall–Kier alpha value is -3.71. The summed E-state index contributed by atoms with van der Waals surface area (Å²) in [4.78, 5) is 24.1. The maximum absolute atomic E-state index is 12.9. The number of hydrogen-bond donors (Lipinski definition) is 2. The molecule has 0 saturated carbocycles. The van der Waals surface area contributed by atoms with Gasteiger partial charge in [0.15, 0.2) is 0 Å². The van der Waals surface area contributed by atoms with Gasteiger partial charge >= 0.3 is 0 Å². The van der Waals surface area contributed by atoms with Gasteiger partial charge in [0.05, 0.1) is 11.9 Å². The molecule has 0 unspecified atom stereocenters. The first-order valence-corrected chi connectivity index (χ1v) is 10.8. The van der Waals surface area contributed by atoms with E-state index in [9.17, 15) is 4.79 Å². The van der Waals surface area contributed by atoms with E-state index in [0.29, 0.717) is 11.4 Å². The Morgan fingerprint density at radius 2 is 1.84 bits per heavy atom. The van der Waals surface area contributed by atoms with E-state index in [4.69, 9.17) is 0 Å². The van der Waals surface area contributed by atoms with Crippen LogP contribution in [0.2, 0.25) is 0 Å². The third-order valence-corrected chi connectivity index (χ3v) is 6.07. The van der Waals surface area contributed by atoms with Gasteiger partial charge in [-0.2, -0.15) is 0 Å². The Morgan fingerprint density at radius 1 is 1.00 bits per heavy atom. The molecule has 2 N–H and O–H groups in total. The molecule has 0 bridgehead atoms. The van der Waals surface area contributed by atoms with Crippen molar-refractivity contribution in [3.63, 3.8) is 0 Å². The average molecular weight is 427 g/mol. The van der Waals surface area contributed by atoms with Gasteiger partial charge in [0, 0.05) is 61.6 Å². The molecule has 2 aromatic carbocycles. The summed E-state index contributed by atoms with van der Waals surface area (Å²) in [6.45, 7) is 5.78. The normalized spacial score (nSPS) is 14.0. The van der Waals surface area contributed by atoms with Crippen LogP contribution in [0.3, 0.4) is 0 Å². The van der Waals surface area contributed by atoms with Gasteiger partial charge in [0.2, 0.25) is 0 Å². The number of nitrogens with zero attached hydrogens (tertiary/aromatic N) is 4. The number of carbonyl (C=O) groups excluding carboxylic acids is 1. The van der Waals surface area contributed by atoms with E-state index >= 15 is 0 Å². The maximum atomic E-state index is 12.9. The standard InChI is InChI=1S/C25H26N6O/c1-17-27-16-23(30(17)2)18-6-7-20-15-28-24(14-21(20)12-18)29-25(32)19-4-3-5-22(13-19)31-10-8-26-9-11-31/h3-7,12-16,26H,8-11H2,1-2H3,(H,28,29,32). The summed E-state index contributed by atoms with van der Waals surface area (Å²) in [5.41, 5.74) is 3.83. The minimum Gasteiger partial charge on any atom is -0.369 e. The molecule has 0 spiro atoms. The van der Waals surface area contributed by atoms with Crippen molar-refractivity contribution in [2.75, 3.05) is 36.4 Å². The fourth-order valence-electron chi connectivity index (χ4n) is 4.09. The number of nitrogens with one attached hydrogen (secondary N) is 2. The van der Waals surface area contributed by atoms with E-state index in [1.807, 2.05) is 50.5 Å². The Bertz CT molecular complexity index is 1290. The zero-order chi connectivity index (χ0) is 22.1. The maximum Gasteiger partial charge on any atom is 0.256 e. The molecule has 0 atom stereocenters. The van der Waals surface area contributed by atoms with Gasteiger partial charge in [-0.05, 0) is 42.6 Å². The highest BCUT2D eigenvalue weighted by Gasteiger charge is 2.14. The Kier molecular flexibility index (Phi) is 5.33. The first kappa shape index (κ1) is 20.2. The van der Waals surface area contributed by atoms with Crippen LogP contribution in [0.15, 0.2) is 60.9 Å². The topological polar surface area (TPSA) is 75.1 Å². The minimum atomic E-state index is -0.160. The number of benzene rings is 2. The predicted octanol–water partition coefficient (Wildman–Crippen LogP) is 3.61. The molecule has 1 aliphatic heterocycles. The van der Waals surface area contributed by atoms with E-state index in [1.165, 1.54) is 0 Å². The number of carbonyl (C=O) groups is 1. The van der Waals surface area contributed by atoms with Crippen LogP contribution in [0.25, 0.3) is 22.0 Å². The lowest BCUT2D eigenvalue weighted by Gasteiger charge is -2.29. The van der Waals surface area contributed by atoms with Crippen molar-refractivity contribution in [1.29, 1.82) is 0 Å². The van der Waals surface area contributed by atoms with Crippen molar-refractivity contribution in [3.05, 3.63) is 72.3 Å². The second-order valence-electron chi connectivity index (χ2n) is 8.12. The average Bonchev–Trinajstić information content (AvgIpc) is 3.17. The molecule has 1 amide bonds. The number of imidazole rings is 1. The number of amides is 1. The zero-order valence-electron chi connectivity index (χ0n) is 18.3. The first-order chi connectivity index (χ1) is 15.6. The summed E-state index contributed by atoms with van der Waals surface area (Å²) in [5, 5.41) is 8.35. The van der Waals surface area contributed by atoms with Gasteiger partial charge < -0.3 is 20.1 Å². The predicted molar refractivity (Wildman–Crippen MR) is 128 cm³/mol. The van der Waals surface area contributed by atoms with Crippen LogP contribution in [-0.2, 0) is 7.05 Å². The van der Waals surface area contributed by atoms with Crippen LogP contribution in [0.1, 0.15) is 16.2 Å². The van der Waals surface area contributed by atoms with Crippen LogP contribution in [0, 0.1) is 6.92 Å². The molecule has 0 radical (unpaired) electrons. The second-order valence-corrected chi connectivity index (χ2v) is 8.12. The number of pyridine rings is 1. The minimum absolute atomic E-state index is 0.160. The van der Waals surface area contributed by atoms with Gasteiger partial charge in [0.1, 0.15) is 11.6 Å². The zero-order valence-corrected chi connectivity index (χ0v) is 18.3. The van der Waals surface area contributed by atoms with E-state index < -0.39 is 0 Å². The number of fused-ring (bicyclic) bond motifs is 1. The molecule has 1 saturated heterocycles. The number of aromatic nitrogens is 3. The van der Waals surface area contributed by atoms with Crippen molar-refractivity contribution in [2.45, 2.75) is 6.92 Å². The molecule has 1 fully saturated rings. The van der Waals surface area contributed by atoms with E-state index in [-0.39, 0.29) is 5.91 Å². The highest BCUT2D eigenvalue weighted by atomic mass is 16.1. The molecule has 7 nitrogen and oxygen atoms in total. The van der Waals surface area contributed by atoms with Gasteiger partial charge in [-0.3, -0.25) is 4.79 Å². The Morgan fingerprint density at radius 3 is 2.62 bits per heavy atom. The van der Waals surface area contributed by atoms with Crippen molar-refractivity contribution in [3.8, 4) is 11.3 Å². The number of hydrogen-bond acceptors (Lipinski definition) is 5. The molecule has 32 heavy (non-hydrogen) atoms. The van der Waals surface area contributed by atoms with Crippen LogP contribution >= 0.6 is 0 Å². The largest absolute Gasteiger partial charge is 0.369 e. The van der Waals surface area contributed by atoms with Gasteiger partial charge in [-0.1, -0.05) is 18.2 Å². The molecular formula is C25H26N6O. The third-order valence-electron chi connectivity index (χ3n) is 6.07. The number of aryl methyl sites for hydroxylation is 1. The van der Waals surface area contributed by atoms with E-state index in [2.05, 4.69) is 48.3 Å². The number of piperazine rings is 1. The SMILES string of the molecule is Cc1ncc(-c2ccc3cnc(NC(=O)c4cccc(N5CCNCC5)c4)cc3c2)n1C. The Balaban J connectivity index is 1.39. The van der Waals surface area contributed by atoms with Crippen molar-refractivity contribution >= 4 is 28.2 Å². The van der Waals surface area contributed by atoms with Crippen molar-refractivity contribution in [1.82, 2.24) is 19.9 Å². The monoisotopic (exact) mass is 426 g/mol. The number of rotatable bonds is 4. The summed E-state index contributed by atoms with van der Waals surface area (Å²) < 4.78 is 2.07. The molecular weight excluding hydrogens is 400 g/mol. The van der Waals surface area contributed by atoms with Crippen molar-refractivity contribution < 1.29 is 4.79 Å². The fraction of sp³-hybridized carbons (Fsp3) is 0.240. The highest BCUT2D eigenvalue weighted by molar-refractivity contribution is 6.05. The van der Waals surface area contributed by atoms with E-state index in [0.717, 1.165) is 59.7 Å². The van der Waals surface area contributed by atoms with Crippen LogP contribution in [0.5, 0.6) is 0 Å². The number of anilines is 2. The van der Waals surface area contributed by atoms with Crippen LogP contribution in [-0.4, -0.2) is 46.6 Å². The summed E-state index contributed by atoms with van der Waals surface area (Å²) in [7, 11) is 2.01. The molecule has 3 heterocycles. The molecule has 0 aliphatic carbocycles. The lowest BCUT2D eigenvalue weighted by Crippen LogP contribution is -2.43. The Labute approximate surface area is 187 Å². The molecule has 4 aromatic rings. The van der Waals surface area contributed by atoms with Gasteiger partial charge in [-0.25, -0.2) is 9.97 Å². The van der Waals surface area contributed by atoms with Gasteiger partial charge in [-0.15, -0.1) is 0 Å². The third kappa shape index (κ3) is 3.94. The summed E-state index contributed by atoms with van der Waals surface area (Å²) in [6.07, 6.45) is 3.67. The molecule has 1 aliphatic rings. The lowest BCUT2D eigenvalue weighted by molar-refractivity contribution is 0.102. The molecule has 5 rings (SSSR count). The molecule has 7 heteroatoms.